The summed E-state index contributed by atoms with van der Waals surface area (Å²) in [5, 5.41) is 14.5. The molecule has 1 atom stereocenters. The van der Waals surface area contributed by atoms with Crippen LogP contribution >= 0.6 is 11.3 Å². The van der Waals surface area contributed by atoms with Crippen LogP contribution in [0.4, 0.5) is 16.6 Å². The molecule has 1 unspecified atom stereocenters. The molecule has 1 aliphatic carbocycles. The molecule has 0 spiro atoms. The maximum Gasteiger partial charge on any atom is 0.358 e. The number of amides is 4. The van der Waals surface area contributed by atoms with E-state index in [1.165, 1.54) is 11.3 Å². The fraction of sp³-hybridized carbons (Fsp3) is 0.357. The van der Waals surface area contributed by atoms with Crippen LogP contribution in [-0.4, -0.2) is 67.6 Å². The molecular weight excluding hydrogens is 929 g/mol. The smallest absolute Gasteiger partial charge is 0.358 e. The molecule has 4 aromatic carbocycles. The number of fused-ring (bicyclic) bond motifs is 3. The van der Waals surface area contributed by atoms with E-state index in [0.29, 0.717) is 71.7 Å². The van der Waals surface area contributed by atoms with E-state index in [0.717, 1.165) is 81.2 Å². The van der Waals surface area contributed by atoms with Gasteiger partial charge in [0.05, 0.1) is 33.4 Å². The van der Waals surface area contributed by atoms with Crippen molar-refractivity contribution in [2.45, 2.75) is 110 Å². The largest absolute Gasteiger partial charge is 0.490 e. The van der Waals surface area contributed by atoms with Crippen molar-refractivity contribution in [3.05, 3.63) is 125 Å². The molecule has 3 aliphatic rings. The number of aryl methyl sites for hydroxylation is 1. The third-order valence-corrected chi connectivity index (χ3v) is 15.0. The minimum absolute atomic E-state index is 0.000647. The highest BCUT2D eigenvalue weighted by Crippen LogP contribution is 2.38. The first kappa shape index (κ1) is 48.2. The van der Waals surface area contributed by atoms with E-state index in [2.05, 4.69) is 37.0 Å². The molecule has 10 rings (SSSR count). The van der Waals surface area contributed by atoms with Gasteiger partial charge in [-0.25, -0.2) is 14.8 Å². The van der Waals surface area contributed by atoms with Gasteiger partial charge in [-0.3, -0.25) is 34.5 Å². The molecule has 4 amide bonds. The molecule has 370 valence electrons. The molecule has 1 saturated heterocycles. The van der Waals surface area contributed by atoms with Crippen LogP contribution in [0.1, 0.15) is 121 Å². The second-order valence-electron chi connectivity index (χ2n) is 20.1. The van der Waals surface area contributed by atoms with Crippen molar-refractivity contribution in [3.8, 4) is 16.9 Å². The Morgan fingerprint density at radius 3 is 2.46 bits per heavy atom. The summed E-state index contributed by atoms with van der Waals surface area (Å²) in [6, 6.07) is 29.0. The predicted molar refractivity (Wildman–Crippen MR) is 278 cm³/mol. The maximum atomic E-state index is 14.1. The number of hydrogen-bond donors (Lipinski definition) is 3. The lowest BCUT2D eigenvalue weighted by Crippen LogP contribution is -2.39. The van der Waals surface area contributed by atoms with Crippen molar-refractivity contribution in [2.75, 3.05) is 22.1 Å². The number of hydrogen-bond acceptors (Lipinski definition) is 12. The highest BCUT2D eigenvalue weighted by molar-refractivity contribution is 7.22. The molecule has 1 saturated carbocycles. The number of nitrogens with zero attached hydrogens (tertiary/aromatic N) is 5. The van der Waals surface area contributed by atoms with Crippen LogP contribution in [-0.2, 0) is 39.1 Å². The van der Waals surface area contributed by atoms with Crippen molar-refractivity contribution >= 4 is 78.7 Å². The van der Waals surface area contributed by atoms with Crippen molar-refractivity contribution in [3.63, 3.8) is 0 Å². The summed E-state index contributed by atoms with van der Waals surface area (Å²) in [6.45, 7) is 8.61. The molecule has 2 fully saturated rings. The van der Waals surface area contributed by atoms with E-state index in [1.54, 1.807) is 4.68 Å². The third-order valence-electron chi connectivity index (χ3n) is 14.0. The van der Waals surface area contributed by atoms with E-state index >= 15 is 0 Å². The quantitative estimate of drug-likeness (QED) is 0.0781. The van der Waals surface area contributed by atoms with Gasteiger partial charge in [-0.1, -0.05) is 47.7 Å². The Morgan fingerprint density at radius 2 is 1.67 bits per heavy atom. The zero-order valence-corrected chi connectivity index (χ0v) is 42.0. The van der Waals surface area contributed by atoms with E-state index in [4.69, 9.17) is 14.5 Å². The number of aromatic nitrogens is 4. The van der Waals surface area contributed by atoms with Crippen molar-refractivity contribution in [1.29, 1.82) is 0 Å². The first-order valence-electron chi connectivity index (χ1n) is 24.8. The van der Waals surface area contributed by atoms with Crippen LogP contribution < -0.4 is 25.6 Å². The summed E-state index contributed by atoms with van der Waals surface area (Å²) < 4.78 is 15.4. The van der Waals surface area contributed by atoms with Crippen LogP contribution in [0.15, 0.2) is 91.0 Å². The minimum Gasteiger partial charge on any atom is -0.490 e. The Kier molecular flexibility index (Phi) is 13.4. The first-order chi connectivity index (χ1) is 34.6. The number of nitrogens with one attached hydrogen (secondary N) is 3. The molecule has 5 heterocycles. The number of rotatable bonds is 12. The minimum atomic E-state index is -0.758. The van der Waals surface area contributed by atoms with Gasteiger partial charge in [-0.2, -0.15) is 5.10 Å². The van der Waals surface area contributed by atoms with Gasteiger partial charge in [-0.15, -0.1) is 0 Å². The summed E-state index contributed by atoms with van der Waals surface area (Å²) in [5.74, 6) is -0.154. The normalized spacial score (nSPS) is 18.1. The average molecular weight is 987 g/mol. The predicted octanol–water partition coefficient (Wildman–Crippen LogP) is 10.2. The van der Waals surface area contributed by atoms with Crippen LogP contribution in [0.25, 0.3) is 32.2 Å². The molecule has 72 heavy (non-hydrogen) atoms. The number of imide groups is 1. The number of ether oxygens (including phenoxy) is 2. The number of anilines is 3. The van der Waals surface area contributed by atoms with E-state index in [-0.39, 0.29) is 41.8 Å². The molecule has 0 bridgehead atoms. The maximum absolute atomic E-state index is 14.1. The Hall–Kier alpha value is -7.46. The molecule has 3 aromatic heterocycles. The summed E-state index contributed by atoms with van der Waals surface area (Å²) in [7, 11) is 1.81. The van der Waals surface area contributed by atoms with Gasteiger partial charge < -0.3 is 19.7 Å². The molecule has 16 heteroatoms. The lowest BCUT2D eigenvalue weighted by atomic mass is 9.84. The first-order valence-corrected chi connectivity index (χ1v) is 25.6. The molecule has 2 aliphatic heterocycles. The Bertz CT molecular complexity index is 3240. The monoisotopic (exact) mass is 986 g/mol. The van der Waals surface area contributed by atoms with Gasteiger partial charge in [0.1, 0.15) is 17.2 Å². The highest BCUT2D eigenvalue weighted by atomic mass is 32.1. The Morgan fingerprint density at radius 1 is 0.861 bits per heavy atom. The van der Waals surface area contributed by atoms with Crippen molar-refractivity contribution < 1.29 is 33.4 Å². The summed E-state index contributed by atoms with van der Waals surface area (Å²) >= 11 is 1.44. The molecule has 3 N–H and O–H groups in total. The van der Waals surface area contributed by atoms with Crippen molar-refractivity contribution in [1.82, 2.24) is 25.1 Å². The number of piperidine rings is 1. The summed E-state index contributed by atoms with van der Waals surface area (Å²) in [5.41, 5.74) is 7.32. The Balaban J connectivity index is 0.782. The average Bonchev–Trinajstić information content (AvgIpc) is 3.92. The van der Waals surface area contributed by atoms with Gasteiger partial charge in [0.15, 0.2) is 10.8 Å². The van der Waals surface area contributed by atoms with Gasteiger partial charge in [-0.05, 0) is 155 Å². The van der Waals surface area contributed by atoms with Crippen LogP contribution in [0.5, 0.6) is 5.75 Å². The SMILES string of the molecule is Cc1c(OC2CCC(CCC(=O)Nc3ccc4c(C5CCC(=O)NC5=O)nn(C)c4c3)CC2)cccc1-c1ccc(N2CCc3cccc(C(=O)Nc4nc5ccccc5s4)c3C2)nc1C(=O)OC(C)(C)C. The second kappa shape index (κ2) is 20.0. The van der Waals surface area contributed by atoms with E-state index in [9.17, 15) is 24.0 Å². The van der Waals surface area contributed by atoms with Gasteiger partial charge in [0, 0.05) is 55.2 Å². The fourth-order valence-electron chi connectivity index (χ4n) is 10.3. The standard InChI is InChI=1S/C56H58N8O7S/c1-32-37(11-9-14-45(32)70-36-20-16-33(17-21-36)18-26-48(65)57-35-19-22-40-44(30-35)63(5)62-50(40)41-24-27-49(66)60-53(41)68)38-23-25-47(59-51(38)54(69)71-56(2,3)4)64-29-28-34-10-8-12-39(42(34)31-64)52(67)61-55-58-43-13-6-7-15-46(43)72-55/h6-15,19,22-23,25,30,33,36,41H,16-18,20-21,24,26-29,31H2,1-5H3,(H,57,65)(H,58,61,67)(H,60,66,68). The number of carbonyl (C=O) groups excluding carboxylic acids is 5. The lowest BCUT2D eigenvalue weighted by Gasteiger charge is -2.31. The third kappa shape index (κ3) is 10.3. The molecular formula is C56H58N8O7S. The molecule has 7 aromatic rings. The molecule has 0 radical (unpaired) electrons. The van der Waals surface area contributed by atoms with Crippen molar-refractivity contribution in [2.24, 2.45) is 13.0 Å². The topological polar surface area (TPSA) is 187 Å². The Labute approximate surface area is 421 Å². The number of benzene rings is 4. The number of esters is 1. The lowest BCUT2D eigenvalue weighted by molar-refractivity contribution is -0.134. The van der Waals surface area contributed by atoms with E-state index < -0.39 is 17.5 Å². The summed E-state index contributed by atoms with van der Waals surface area (Å²) in [6.07, 6.45) is 6.13. The van der Waals surface area contributed by atoms with Crippen LogP contribution in [0.3, 0.4) is 0 Å². The fourth-order valence-corrected chi connectivity index (χ4v) is 11.2. The van der Waals surface area contributed by atoms with Crippen LogP contribution in [0, 0.1) is 12.8 Å². The van der Waals surface area contributed by atoms with Gasteiger partial charge in [0.2, 0.25) is 17.7 Å². The van der Waals surface area contributed by atoms with E-state index in [1.807, 2.05) is 120 Å². The van der Waals surface area contributed by atoms with Gasteiger partial charge >= 0.3 is 5.97 Å². The zero-order chi connectivity index (χ0) is 50.3. The second-order valence-corrected chi connectivity index (χ2v) is 21.2. The number of carbonyl (C=O) groups is 5. The summed E-state index contributed by atoms with van der Waals surface area (Å²) in [4.78, 5) is 77.1. The number of para-hydroxylation sites is 1. The van der Waals surface area contributed by atoms with Gasteiger partial charge in [0.25, 0.3) is 5.91 Å². The highest BCUT2D eigenvalue weighted by Gasteiger charge is 2.33. The number of thiazole rings is 1. The number of pyridine rings is 1. The zero-order valence-electron chi connectivity index (χ0n) is 41.2. The van der Waals surface area contributed by atoms with Crippen LogP contribution in [0.2, 0.25) is 0 Å². The molecule has 15 nitrogen and oxygen atoms in total.